The normalized spacial score (nSPS) is 11.3. The van der Waals surface area contributed by atoms with Gasteiger partial charge in [0.25, 0.3) is 5.91 Å². The SMILES string of the molecule is CCOC(=O)c1ccc(O[C@H](C)C(=O)Nc2ccc(C(C)=O)cc2)cc1. The van der Waals surface area contributed by atoms with Crippen molar-refractivity contribution in [1.29, 1.82) is 0 Å². The first kappa shape index (κ1) is 19.2. The maximum atomic E-state index is 12.2. The maximum Gasteiger partial charge on any atom is 0.338 e. The van der Waals surface area contributed by atoms with E-state index in [1.54, 1.807) is 62.4 Å². The Bertz CT molecular complexity index is 781. The summed E-state index contributed by atoms with van der Waals surface area (Å²) in [5, 5.41) is 2.73. The fourth-order valence-electron chi connectivity index (χ4n) is 2.17. The van der Waals surface area contributed by atoms with Crippen LogP contribution in [0.15, 0.2) is 48.5 Å². The Hall–Kier alpha value is -3.15. The van der Waals surface area contributed by atoms with E-state index in [0.29, 0.717) is 29.2 Å². The monoisotopic (exact) mass is 355 g/mol. The lowest BCUT2D eigenvalue weighted by Crippen LogP contribution is -2.30. The van der Waals surface area contributed by atoms with Crippen molar-refractivity contribution in [3.05, 3.63) is 59.7 Å². The number of Topliss-reactive ketones (excluding diaryl/α,β-unsaturated/α-hetero) is 1. The highest BCUT2D eigenvalue weighted by Crippen LogP contribution is 2.16. The first-order valence-corrected chi connectivity index (χ1v) is 8.26. The van der Waals surface area contributed by atoms with Gasteiger partial charge >= 0.3 is 5.97 Å². The molecule has 0 aliphatic heterocycles. The van der Waals surface area contributed by atoms with Crippen LogP contribution in [0.5, 0.6) is 5.75 Å². The zero-order valence-corrected chi connectivity index (χ0v) is 14.9. The summed E-state index contributed by atoms with van der Waals surface area (Å²) >= 11 is 0. The van der Waals surface area contributed by atoms with Crippen LogP contribution in [0.1, 0.15) is 41.5 Å². The van der Waals surface area contributed by atoms with Gasteiger partial charge in [-0.3, -0.25) is 9.59 Å². The lowest BCUT2D eigenvalue weighted by molar-refractivity contribution is -0.122. The Morgan fingerprint density at radius 1 is 0.962 bits per heavy atom. The average molecular weight is 355 g/mol. The van der Waals surface area contributed by atoms with Crippen molar-refractivity contribution >= 4 is 23.3 Å². The molecule has 0 aromatic heterocycles. The summed E-state index contributed by atoms with van der Waals surface area (Å²) in [6, 6.07) is 13.0. The van der Waals surface area contributed by atoms with Crippen LogP contribution in [0.25, 0.3) is 0 Å². The molecular formula is C20H21NO5. The Morgan fingerprint density at radius 2 is 1.54 bits per heavy atom. The highest BCUT2D eigenvalue weighted by Gasteiger charge is 2.15. The average Bonchev–Trinajstić information content (AvgIpc) is 2.63. The quantitative estimate of drug-likeness (QED) is 0.607. The number of esters is 1. The molecule has 0 fully saturated rings. The molecule has 26 heavy (non-hydrogen) atoms. The molecular weight excluding hydrogens is 334 g/mol. The van der Waals surface area contributed by atoms with Crippen molar-refractivity contribution in [1.82, 2.24) is 0 Å². The predicted octanol–water partition coefficient (Wildman–Crippen LogP) is 3.47. The summed E-state index contributed by atoms with van der Waals surface area (Å²) in [6.45, 7) is 5.15. The molecule has 2 rings (SSSR count). The molecule has 0 saturated heterocycles. The van der Waals surface area contributed by atoms with Gasteiger partial charge in [0.05, 0.1) is 12.2 Å². The van der Waals surface area contributed by atoms with Gasteiger partial charge in [0.2, 0.25) is 0 Å². The summed E-state index contributed by atoms with van der Waals surface area (Å²) < 4.78 is 10.5. The number of amides is 1. The fraction of sp³-hybridized carbons (Fsp3) is 0.250. The number of nitrogens with one attached hydrogen (secondary N) is 1. The smallest absolute Gasteiger partial charge is 0.338 e. The molecule has 2 aromatic carbocycles. The molecule has 6 nitrogen and oxygen atoms in total. The largest absolute Gasteiger partial charge is 0.481 e. The second-order valence-corrected chi connectivity index (χ2v) is 5.63. The van der Waals surface area contributed by atoms with Crippen LogP contribution in [0, 0.1) is 0 Å². The van der Waals surface area contributed by atoms with E-state index >= 15 is 0 Å². The fourth-order valence-corrected chi connectivity index (χ4v) is 2.17. The molecule has 0 unspecified atom stereocenters. The number of benzene rings is 2. The van der Waals surface area contributed by atoms with E-state index in [-0.39, 0.29) is 11.7 Å². The number of rotatable bonds is 7. The number of hydrogen-bond donors (Lipinski definition) is 1. The number of hydrogen-bond acceptors (Lipinski definition) is 5. The highest BCUT2D eigenvalue weighted by molar-refractivity contribution is 5.96. The van der Waals surface area contributed by atoms with Gasteiger partial charge in [-0.25, -0.2) is 4.79 Å². The Balaban J connectivity index is 1.94. The van der Waals surface area contributed by atoms with Gasteiger partial charge in [0.15, 0.2) is 11.9 Å². The molecule has 0 radical (unpaired) electrons. The van der Waals surface area contributed by atoms with Crippen LogP contribution < -0.4 is 10.1 Å². The van der Waals surface area contributed by atoms with E-state index in [9.17, 15) is 14.4 Å². The summed E-state index contributed by atoms with van der Waals surface area (Å²) in [4.78, 5) is 35.1. The van der Waals surface area contributed by atoms with Crippen LogP contribution >= 0.6 is 0 Å². The first-order valence-electron chi connectivity index (χ1n) is 8.26. The third-order valence-electron chi connectivity index (χ3n) is 3.61. The minimum atomic E-state index is -0.740. The van der Waals surface area contributed by atoms with Gasteiger partial charge in [-0.2, -0.15) is 0 Å². The van der Waals surface area contributed by atoms with Crippen LogP contribution in [0.4, 0.5) is 5.69 Å². The standard InChI is InChI=1S/C20H21NO5/c1-4-25-20(24)16-7-11-18(12-8-16)26-14(3)19(23)21-17-9-5-15(6-10-17)13(2)22/h5-12,14H,4H2,1-3H3,(H,21,23)/t14-/m1/s1. The summed E-state index contributed by atoms with van der Waals surface area (Å²) in [5.41, 5.74) is 1.57. The molecule has 2 aromatic rings. The number of ether oxygens (including phenoxy) is 2. The van der Waals surface area contributed by atoms with Gasteiger partial charge in [-0.1, -0.05) is 0 Å². The number of carbonyl (C=O) groups is 3. The molecule has 0 bridgehead atoms. The Labute approximate surface area is 152 Å². The zero-order chi connectivity index (χ0) is 19.1. The first-order chi connectivity index (χ1) is 12.4. The molecule has 1 amide bonds. The minimum absolute atomic E-state index is 0.0363. The van der Waals surface area contributed by atoms with Crippen molar-refractivity contribution in [3.8, 4) is 5.75 Å². The van der Waals surface area contributed by atoms with Gasteiger partial charge in [0, 0.05) is 11.3 Å². The minimum Gasteiger partial charge on any atom is -0.481 e. The number of carbonyl (C=O) groups excluding carboxylic acids is 3. The molecule has 0 heterocycles. The van der Waals surface area contributed by atoms with Crippen molar-refractivity contribution in [2.24, 2.45) is 0 Å². The van der Waals surface area contributed by atoms with Crippen molar-refractivity contribution in [3.63, 3.8) is 0 Å². The molecule has 0 saturated carbocycles. The van der Waals surface area contributed by atoms with Crippen molar-refractivity contribution in [2.75, 3.05) is 11.9 Å². The van der Waals surface area contributed by atoms with Crippen LogP contribution in [-0.2, 0) is 9.53 Å². The van der Waals surface area contributed by atoms with E-state index in [0.717, 1.165) is 0 Å². The second kappa shape index (κ2) is 8.80. The topological polar surface area (TPSA) is 81.7 Å². The van der Waals surface area contributed by atoms with Crippen LogP contribution in [-0.4, -0.2) is 30.4 Å². The maximum absolute atomic E-state index is 12.2. The van der Waals surface area contributed by atoms with E-state index < -0.39 is 12.1 Å². The summed E-state index contributed by atoms with van der Waals surface area (Å²) in [5.74, 6) is -0.299. The van der Waals surface area contributed by atoms with Crippen molar-refractivity contribution < 1.29 is 23.9 Å². The molecule has 0 aliphatic rings. The predicted molar refractivity (Wildman–Crippen MR) is 97.6 cm³/mol. The van der Waals surface area contributed by atoms with Gasteiger partial charge in [-0.05, 0) is 69.3 Å². The van der Waals surface area contributed by atoms with Crippen molar-refractivity contribution in [2.45, 2.75) is 26.9 Å². The molecule has 0 spiro atoms. The van der Waals surface area contributed by atoms with Gasteiger partial charge in [-0.15, -0.1) is 0 Å². The van der Waals surface area contributed by atoms with E-state index in [2.05, 4.69) is 5.32 Å². The highest BCUT2D eigenvalue weighted by atomic mass is 16.5. The number of anilines is 1. The van der Waals surface area contributed by atoms with E-state index in [4.69, 9.17) is 9.47 Å². The number of ketones is 1. The van der Waals surface area contributed by atoms with Gasteiger partial charge in [0.1, 0.15) is 5.75 Å². The Kier molecular flexibility index (Phi) is 6.49. The lowest BCUT2D eigenvalue weighted by atomic mass is 10.1. The second-order valence-electron chi connectivity index (χ2n) is 5.63. The van der Waals surface area contributed by atoms with Gasteiger partial charge < -0.3 is 14.8 Å². The lowest BCUT2D eigenvalue weighted by Gasteiger charge is -2.15. The molecule has 6 heteroatoms. The molecule has 0 aliphatic carbocycles. The summed E-state index contributed by atoms with van der Waals surface area (Å²) in [6.07, 6.45) is -0.740. The Morgan fingerprint density at radius 3 is 2.08 bits per heavy atom. The van der Waals surface area contributed by atoms with Crippen LogP contribution in [0.3, 0.4) is 0 Å². The van der Waals surface area contributed by atoms with E-state index in [1.165, 1.54) is 6.92 Å². The third kappa shape index (κ3) is 5.17. The van der Waals surface area contributed by atoms with E-state index in [1.807, 2.05) is 0 Å². The molecule has 1 N–H and O–H groups in total. The molecule has 1 atom stereocenters. The zero-order valence-electron chi connectivity index (χ0n) is 14.9. The third-order valence-corrected chi connectivity index (χ3v) is 3.61. The summed E-state index contributed by atoms with van der Waals surface area (Å²) in [7, 11) is 0. The molecule has 136 valence electrons. The van der Waals surface area contributed by atoms with Crippen LogP contribution in [0.2, 0.25) is 0 Å².